The Hall–Kier alpha value is -2.67. The van der Waals surface area contributed by atoms with Crippen LogP contribution in [-0.2, 0) is 4.79 Å². The minimum absolute atomic E-state index is 0.0335. The lowest BCUT2D eigenvalue weighted by Crippen LogP contribution is -2.43. The van der Waals surface area contributed by atoms with Gasteiger partial charge >= 0.3 is 0 Å². The van der Waals surface area contributed by atoms with Crippen LogP contribution >= 0.6 is 11.3 Å². The van der Waals surface area contributed by atoms with E-state index in [1.54, 1.807) is 0 Å². The number of para-hydroxylation sites is 2. The Balaban J connectivity index is 1.33. The number of carbonyl (C=O) groups is 2. The number of hydrogen-bond donors (Lipinski definition) is 2. The topological polar surface area (TPSA) is 78.1 Å². The van der Waals surface area contributed by atoms with Crippen LogP contribution in [0, 0.1) is 5.92 Å². The van der Waals surface area contributed by atoms with Gasteiger partial charge in [-0.2, -0.15) is 0 Å². The van der Waals surface area contributed by atoms with Crippen LogP contribution in [0.2, 0.25) is 0 Å². The molecule has 0 radical (unpaired) electrons. The second-order valence-electron chi connectivity index (χ2n) is 6.91. The molecular weight excluding hydrogens is 360 g/mol. The van der Waals surface area contributed by atoms with E-state index >= 15 is 0 Å². The third kappa shape index (κ3) is 3.73. The second-order valence-corrected chi connectivity index (χ2v) is 7.86. The summed E-state index contributed by atoms with van der Waals surface area (Å²) in [6.45, 7) is 3.17. The van der Waals surface area contributed by atoms with Crippen molar-refractivity contribution in [1.29, 1.82) is 0 Å². The molecule has 1 atom stereocenters. The molecule has 27 heavy (non-hydrogen) atoms. The van der Waals surface area contributed by atoms with E-state index < -0.39 is 0 Å². The summed E-state index contributed by atoms with van der Waals surface area (Å²) in [5.74, 6) is 0.796. The number of aromatic nitrogens is 2. The Bertz CT molecular complexity index is 909. The molecule has 1 saturated heterocycles. The monoisotopic (exact) mass is 382 g/mol. The zero-order chi connectivity index (χ0) is 18.8. The number of benzene rings is 1. The van der Waals surface area contributed by atoms with Crippen LogP contribution in [0.5, 0.6) is 0 Å². The molecule has 1 fully saturated rings. The van der Waals surface area contributed by atoms with Gasteiger partial charge in [0.15, 0.2) is 0 Å². The number of thiophene rings is 1. The molecule has 0 spiro atoms. The zero-order valence-electron chi connectivity index (χ0n) is 15.1. The molecule has 140 valence electrons. The zero-order valence-corrected chi connectivity index (χ0v) is 16.0. The molecule has 4 rings (SSSR count). The largest absolute Gasteiger partial charge is 0.346 e. The molecule has 2 amide bonds. The lowest BCUT2D eigenvalue weighted by Gasteiger charge is -2.31. The quantitative estimate of drug-likeness (QED) is 0.726. The first-order valence-corrected chi connectivity index (χ1v) is 10.1. The van der Waals surface area contributed by atoms with Gasteiger partial charge in [-0.3, -0.25) is 9.59 Å². The Morgan fingerprint density at radius 3 is 2.70 bits per heavy atom. The van der Waals surface area contributed by atoms with Gasteiger partial charge in [-0.05, 0) is 43.3 Å². The minimum Gasteiger partial charge on any atom is -0.346 e. The number of nitrogens with zero attached hydrogens (tertiary/aromatic N) is 2. The van der Waals surface area contributed by atoms with Crippen LogP contribution in [0.3, 0.4) is 0 Å². The van der Waals surface area contributed by atoms with E-state index in [1.807, 2.05) is 53.6 Å². The standard InChI is InChI=1S/C20H22N4O2S/c1-13(18-22-15-5-2-3-6-16(15)23-18)21-19(25)14-8-10-24(11-9-14)20(26)17-7-4-12-27-17/h2-7,12-14H,8-11H2,1H3,(H,21,25)(H,22,23). The molecule has 1 aliphatic heterocycles. The highest BCUT2D eigenvalue weighted by molar-refractivity contribution is 7.12. The first kappa shape index (κ1) is 17.7. The maximum Gasteiger partial charge on any atom is 0.263 e. The average molecular weight is 382 g/mol. The highest BCUT2D eigenvalue weighted by Crippen LogP contribution is 2.22. The summed E-state index contributed by atoms with van der Waals surface area (Å²) < 4.78 is 0. The fraction of sp³-hybridized carbons (Fsp3) is 0.350. The maximum atomic E-state index is 12.6. The van der Waals surface area contributed by atoms with Gasteiger partial charge in [0.1, 0.15) is 5.82 Å². The van der Waals surface area contributed by atoms with Gasteiger partial charge in [0.2, 0.25) is 5.91 Å². The minimum atomic E-state index is -0.185. The van der Waals surface area contributed by atoms with Gasteiger partial charge in [-0.15, -0.1) is 11.3 Å². The third-order valence-electron chi connectivity index (χ3n) is 5.06. The average Bonchev–Trinajstić information content (AvgIpc) is 3.37. The van der Waals surface area contributed by atoms with Gasteiger partial charge in [0.25, 0.3) is 5.91 Å². The second kappa shape index (κ2) is 7.52. The van der Waals surface area contributed by atoms with Crippen molar-refractivity contribution < 1.29 is 9.59 Å². The number of amides is 2. The normalized spacial score (nSPS) is 16.4. The van der Waals surface area contributed by atoms with Gasteiger partial charge in [-0.1, -0.05) is 18.2 Å². The number of imidazole rings is 1. The van der Waals surface area contributed by atoms with E-state index in [-0.39, 0.29) is 23.8 Å². The molecule has 1 aliphatic rings. The summed E-state index contributed by atoms with van der Waals surface area (Å²) in [6, 6.07) is 11.4. The molecule has 7 heteroatoms. The number of piperidine rings is 1. The van der Waals surface area contributed by atoms with E-state index in [2.05, 4.69) is 15.3 Å². The van der Waals surface area contributed by atoms with Crippen LogP contribution in [0.15, 0.2) is 41.8 Å². The number of aromatic amines is 1. The van der Waals surface area contributed by atoms with E-state index in [0.29, 0.717) is 25.9 Å². The summed E-state index contributed by atoms with van der Waals surface area (Å²) >= 11 is 1.46. The number of nitrogens with one attached hydrogen (secondary N) is 2. The van der Waals surface area contributed by atoms with Crippen molar-refractivity contribution in [1.82, 2.24) is 20.2 Å². The Morgan fingerprint density at radius 2 is 2.00 bits per heavy atom. The Labute approximate surface area is 161 Å². The van der Waals surface area contributed by atoms with E-state index in [4.69, 9.17) is 0 Å². The molecule has 0 aliphatic carbocycles. The highest BCUT2D eigenvalue weighted by Gasteiger charge is 2.29. The summed E-state index contributed by atoms with van der Waals surface area (Å²) in [5, 5.41) is 4.97. The lowest BCUT2D eigenvalue weighted by molar-refractivity contribution is -0.127. The molecule has 1 aromatic carbocycles. The molecular formula is C20H22N4O2S. The van der Waals surface area contributed by atoms with E-state index in [0.717, 1.165) is 21.7 Å². The maximum absolute atomic E-state index is 12.6. The third-order valence-corrected chi connectivity index (χ3v) is 5.92. The van der Waals surface area contributed by atoms with Crippen molar-refractivity contribution in [2.75, 3.05) is 13.1 Å². The summed E-state index contributed by atoms with van der Waals surface area (Å²) in [7, 11) is 0. The number of H-pyrrole nitrogens is 1. The van der Waals surface area contributed by atoms with Crippen molar-refractivity contribution in [3.05, 3.63) is 52.5 Å². The molecule has 3 heterocycles. The molecule has 1 unspecified atom stereocenters. The van der Waals surface area contributed by atoms with Crippen LogP contribution in [0.25, 0.3) is 11.0 Å². The molecule has 2 N–H and O–H groups in total. The molecule has 6 nitrogen and oxygen atoms in total. The molecule has 0 bridgehead atoms. The first-order valence-electron chi connectivity index (χ1n) is 9.19. The lowest BCUT2D eigenvalue weighted by atomic mass is 9.95. The number of likely N-dealkylation sites (tertiary alicyclic amines) is 1. The van der Waals surface area contributed by atoms with Crippen molar-refractivity contribution in [2.45, 2.75) is 25.8 Å². The van der Waals surface area contributed by atoms with Crippen molar-refractivity contribution in [3.63, 3.8) is 0 Å². The smallest absolute Gasteiger partial charge is 0.263 e. The molecule has 3 aromatic rings. The van der Waals surface area contributed by atoms with Crippen LogP contribution < -0.4 is 5.32 Å². The van der Waals surface area contributed by atoms with E-state index in [9.17, 15) is 9.59 Å². The number of rotatable bonds is 4. The Kier molecular flexibility index (Phi) is 4.94. The first-order chi connectivity index (χ1) is 13.1. The predicted octanol–water partition coefficient (Wildman–Crippen LogP) is 3.35. The molecule has 0 saturated carbocycles. The highest BCUT2D eigenvalue weighted by atomic mass is 32.1. The number of carbonyl (C=O) groups excluding carboxylic acids is 2. The predicted molar refractivity (Wildman–Crippen MR) is 106 cm³/mol. The Morgan fingerprint density at radius 1 is 1.22 bits per heavy atom. The fourth-order valence-corrected chi connectivity index (χ4v) is 4.17. The summed E-state index contributed by atoms with van der Waals surface area (Å²) in [5.41, 5.74) is 1.86. The van der Waals surface area contributed by atoms with Gasteiger partial charge in [0, 0.05) is 19.0 Å². The number of hydrogen-bond acceptors (Lipinski definition) is 4. The SMILES string of the molecule is CC(NC(=O)C1CCN(C(=O)c2cccs2)CC1)c1nc2ccccc2[nH]1. The van der Waals surface area contributed by atoms with Crippen molar-refractivity contribution >= 4 is 34.2 Å². The van der Waals surface area contributed by atoms with Gasteiger partial charge < -0.3 is 15.2 Å². The van der Waals surface area contributed by atoms with Crippen molar-refractivity contribution in [3.8, 4) is 0 Å². The van der Waals surface area contributed by atoms with Crippen LogP contribution in [0.4, 0.5) is 0 Å². The van der Waals surface area contributed by atoms with Gasteiger partial charge in [-0.25, -0.2) is 4.98 Å². The fourth-order valence-electron chi connectivity index (χ4n) is 3.48. The van der Waals surface area contributed by atoms with Crippen LogP contribution in [-0.4, -0.2) is 39.8 Å². The van der Waals surface area contributed by atoms with Crippen molar-refractivity contribution in [2.24, 2.45) is 5.92 Å². The molecule has 2 aromatic heterocycles. The number of fused-ring (bicyclic) bond motifs is 1. The summed E-state index contributed by atoms with van der Waals surface area (Å²) in [6.07, 6.45) is 1.38. The van der Waals surface area contributed by atoms with Gasteiger partial charge in [0.05, 0.1) is 22.0 Å². The van der Waals surface area contributed by atoms with Crippen LogP contribution in [0.1, 0.15) is 41.3 Å². The van der Waals surface area contributed by atoms with E-state index in [1.165, 1.54) is 11.3 Å². The summed E-state index contributed by atoms with van der Waals surface area (Å²) in [4.78, 5) is 35.5.